The van der Waals surface area contributed by atoms with Crippen molar-refractivity contribution in [2.24, 2.45) is 37.9 Å². The molecule has 3 aliphatic rings. The van der Waals surface area contributed by atoms with Crippen molar-refractivity contribution in [3.05, 3.63) is 53.1 Å². The number of benzene rings is 3. The number of alkyl carbamates (subject to hydrolysis) is 6. The molecular formula is C75H110N6O24. The maximum atomic E-state index is 14.1. The highest BCUT2D eigenvalue weighted by atomic mass is 16.6. The maximum Gasteiger partial charge on any atom is 0.407 e. The number of hydrogen-bond acceptors (Lipinski definition) is 24. The fourth-order valence-corrected chi connectivity index (χ4v) is 15.5. The minimum absolute atomic E-state index is 0.00861. The third-order valence-electron chi connectivity index (χ3n) is 19.1. The quantitative estimate of drug-likeness (QED) is 0.0177. The van der Waals surface area contributed by atoms with E-state index >= 15 is 0 Å². The molecule has 6 atom stereocenters. The second-order valence-electron chi connectivity index (χ2n) is 30.9. The SMILES string of the molecule is CCC(COC(=O)NC1CC(C)(C)CC(C)(CNC(=O)OCCOc2cc(OC)c(C=O)c(OC)c2)C1)(COC(=O)NC1CC(C)(C)CC(C)(CNC(=O)OCCOc2c(OC)cc(C=O)cc2OC)C1)COC(=O)NC1CC(C)(C)CC(C)(CNC(=O)OCCOc2c(OC)cc(C=O)cc2OC)C1. The number of ether oxygens (including phenoxy) is 15. The van der Waals surface area contributed by atoms with Gasteiger partial charge < -0.3 is 103 Å². The van der Waals surface area contributed by atoms with Crippen molar-refractivity contribution in [3.8, 4) is 51.7 Å². The molecule has 6 rings (SSSR count). The molecule has 6 amide bonds. The van der Waals surface area contributed by atoms with Crippen LogP contribution < -0.4 is 74.5 Å². The van der Waals surface area contributed by atoms with Gasteiger partial charge in [-0.1, -0.05) is 69.2 Å². The summed E-state index contributed by atoms with van der Waals surface area (Å²) in [6.07, 6.45) is 3.03. The first-order chi connectivity index (χ1) is 49.6. The lowest BCUT2D eigenvalue weighted by molar-refractivity contribution is -0.0224. The number of rotatable bonds is 37. The zero-order valence-electron chi connectivity index (χ0n) is 63.8. The lowest BCUT2D eigenvalue weighted by Crippen LogP contribution is -2.52. The van der Waals surface area contributed by atoms with Gasteiger partial charge in [-0.25, -0.2) is 28.8 Å². The van der Waals surface area contributed by atoms with Crippen molar-refractivity contribution in [1.29, 1.82) is 0 Å². The van der Waals surface area contributed by atoms with Crippen LogP contribution in [0.3, 0.4) is 0 Å². The van der Waals surface area contributed by atoms with Gasteiger partial charge in [-0.3, -0.25) is 14.4 Å². The van der Waals surface area contributed by atoms with E-state index in [1.807, 2.05) is 20.8 Å². The zero-order valence-corrected chi connectivity index (χ0v) is 63.8. The number of nitrogens with one attached hydrogen (secondary N) is 6. The molecule has 0 heterocycles. The molecular weight excluding hydrogens is 1370 g/mol. The Morgan fingerprint density at radius 1 is 0.390 bits per heavy atom. The minimum atomic E-state index is -1.27. The molecule has 0 radical (unpaired) electrons. The van der Waals surface area contributed by atoms with E-state index in [4.69, 9.17) is 71.1 Å². The molecule has 0 spiro atoms. The molecule has 0 aliphatic heterocycles. The van der Waals surface area contributed by atoms with E-state index < -0.39 is 76.3 Å². The monoisotopic (exact) mass is 1480 g/mol. The van der Waals surface area contributed by atoms with Crippen LogP contribution in [-0.2, 0) is 28.4 Å². The Bertz CT molecular complexity index is 3250. The van der Waals surface area contributed by atoms with Crippen molar-refractivity contribution >= 4 is 55.4 Å². The second-order valence-corrected chi connectivity index (χ2v) is 30.9. The molecule has 584 valence electrons. The lowest BCUT2D eigenvalue weighted by Gasteiger charge is -2.46. The summed E-state index contributed by atoms with van der Waals surface area (Å²) in [4.78, 5) is 116. The Hall–Kier alpha value is -9.51. The van der Waals surface area contributed by atoms with Crippen molar-refractivity contribution < 1.29 is 114 Å². The van der Waals surface area contributed by atoms with Crippen molar-refractivity contribution in [2.75, 3.05) is 122 Å². The summed E-state index contributed by atoms with van der Waals surface area (Å²) in [6, 6.07) is 7.85. The average molecular weight is 1480 g/mol. The van der Waals surface area contributed by atoms with Crippen molar-refractivity contribution in [1.82, 2.24) is 31.9 Å². The van der Waals surface area contributed by atoms with Gasteiger partial charge >= 0.3 is 36.6 Å². The fraction of sp³-hybridized carbons (Fsp3) is 0.640. The minimum Gasteiger partial charge on any atom is -0.496 e. The molecule has 0 saturated heterocycles. The molecule has 3 aromatic carbocycles. The summed E-state index contributed by atoms with van der Waals surface area (Å²) in [7, 11) is 8.54. The van der Waals surface area contributed by atoms with Crippen LogP contribution in [0.4, 0.5) is 28.8 Å². The number of methoxy groups -OCH3 is 6. The van der Waals surface area contributed by atoms with Gasteiger partial charge in [-0.15, -0.1) is 0 Å². The van der Waals surface area contributed by atoms with E-state index in [0.717, 1.165) is 0 Å². The zero-order chi connectivity index (χ0) is 77.4. The Kier molecular flexibility index (Phi) is 30.5. The van der Waals surface area contributed by atoms with Crippen LogP contribution >= 0.6 is 0 Å². The Balaban J connectivity index is 1.07. The summed E-state index contributed by atoms with van der Waals surface area (Å²) in [5, 5.41) is 17.8. The molecule has 3 aromatic rings. The van der Waals surface area contributed by atoms with Crippen molar-refractivity contribution in [3.63, 3.8) is 0 Å². The van der Waals surface area contributed by atoms with Crippen LogP contribution in [0, 0.1) is 37.9 Å². The standard InChI is InChI=1S/C75H110N6O24/c1-17-75(45-103-66(88)79-50-30-69(2,3)39-72(8,33-50)42-76-63(85)100-21-18-97-53-28-55(91-11)54(38-84)56(29-53)92-12,46-104-67(89)80-51-31-70(4,5)40-73(9,34-51)43-77-64(86)101-22-19-98-61-57(93-13)24-48(36-82)25-58(61)94-14)47-105-68(90)81-52-32-71(6,7)41-74(10,35-52)44-78-65(87)102-23-20-99-62-59(95-15)26-49(37-83)27-60(62)96-16/h24-29,36-38,50-52H,17-23,30-35,39-47H2,1-16H3,(H,76,85)(H,77,86)(H,78,87)(H,79,88)(H,80,89)(H,81,90). The molecule has 30 nitrogen and oxygen atoms in total. The normalized spacial score (nSPS) is 21.8. The molecule has 6 N–H and O–H groups in total. The predicted molar refractivity (Wildman–Crippen MR) is 384 cm³/mol. The third-order valence-corrected chi connectivity index (χ3v) is 19.1. The van der Waals surface area contributed by atoms with Crippen LogP contribution in [0.1, 0.15) is 165 Å². The van der Waals surface area contributed by atoms with Crippen LogP contribution in [0.5, 0.6) is 51.7 Å². The number of hydrogen-bond donors (Lipinski definition) is 6. The summed E-state index contributed by atoms with van der Waals surface area (Å²) in [6.45, 7) is 19.5. The second kappa shape index (κ2) is 38.0. The highest BCUT2D eigenvalue weighted by molar-refractivity contribution is 5.84. The molecule has 105 heavy (non-hydrogen) atoms. The number of aldehydes is 3. The molecule has 3 aliphatic carbocycles. The summed E-state index contributed by atoms with van der Waals surface area (Å²) >= 11 is 0. The van der Waals surface area contributed by atoms with Crippen LogP contribution in [0.15, 0.2) is 36.4 Å². The van der Waals surface area contributed by atoms with E-state index in [0.29, 0.717) is 93.5 Å². The molecule has 3 fully saturated rings. The predicted octanol–water partition coefficient (Wildman–Crippen LogP) is 11.2. The van der Waals surface area contributed by atoms with E-state index in [1.165, 1.54) is 79.1 Å². The Labute approximate surface area is 615 Å². The summed E-state index contributed by atoms with van der Waals surface area (Å²) < 4.78 is 84.0. The van der Waals surface area contributed by atoms with Crippen LogP contribution in [0.25, 0.3) is 0 Å². The fourth-order valence-electron chi connectivity index (χ4n) is 15.5. The topological polar surface area (TPSA) is 364 Å². The number of amides is 6. The Morgan fingerprint density at radius 3 is 0.952 bits per heavy atom. The van der Waals surface area contributed by atoms with Crippen LogP contribution in [0.2, 0.25) is 0 Å². The molecule has 30 heteroatoms. The van der Waals surface area contributed by atoms with Gasteiger partial charge in [0.1, 0.15) is 89.3 Å². The van der Waals surface area contributed by atoms with E-state index in [1.54, 1.807) is 6.92 Å². The molecule has 6 unspecified atom stereocenters. The first kappa shape index (κ1) is 84.4. The smallest absolute Gasteiger partial charge is 0.407 e. The summed E-state index contributed by atoms with van der Waals surface area (Å²) in [5.74, 6) is 2.43. The largest absolute Gasteiger partial charge is 0.496 e. The first-order valence-electron chi connectivity index (χ1n) is 35.2. The van der Waals surface area contributed by atoms with Gasteiger partial charge in [-0.05, 0) is 121 Å². The van der Waals surface area contributed by atoms with Gasteiger partial charge in [-0.2, -0.15) is 0 Å². The van der Waals surface area contributed by atoms with Gasteiger partial charge in [0.05, 0.1) is 53.6 Å². The van der Waals surface area contributed by atoms with E-state index in [9.17, 15) is 43.2 Å². The van der Waals surface area contributed by atoms with Crippen LogP contribution in [-0.4, -0.2) is 195 Å². The first-order valence-corrected chi connectivity index (χ1v) is 35.2. The maximum absolute atomic E-state index is 14.1. The van der Waals surface area contributed by atoms with E-state index in [2.05, 4.69) is 73.4 Å². The highest BCUT2D eigenvalue weighted by Gasteiger charge is 2.46. The number of carbonyl (C=O) groups is 9. The number of carbonyl (C=O) groups excluding carboxylic acids is 9. The lowest BCUT2D eigenvalue weighted by atomic mass is 9.62. The molecule has 0 bridgehead atoms. The molecule has 0 aromatic heterocycles. The molecule has 3 saturated carbocycles. The third kappa shape index (κ3) is 25.9. The highest BCUT2D eigenvalue weighted by Crippen LogP contribution is 2.49. The van der Waals surface area contributed by atoms with Gasteiger partial charge in [0.15, 0.2) is 29.3 Å². The summed E-state index contributed by atoms with van der Waals surface area (Å²) in [5.41, 5.74) is -2.82. The van der Waals surface area contributed by atoms with Gasteiger partial charge in [0.2, 0.25) is 11.5 Å². The van der Waals surface area contributed by atoms with Crippen molar-refractivity contribution in [2.45, 2.75) is 152 Å². The van der Waals surface area contributed by atoms with E-state index in [-0.39, 0.29) is 153 Å². The van der Waals surface area contributed by atoms with Gasteiger partial charge in [0.25, 0.3) is 0 Å². The average Bonchev–Trinajstić information content (AvgIpc) is 0.830. The Morgan fingerprint density at radius 2 is 0.686 bits per heavy atom. The van der Waals surface area contributed by atoms with Gasteiger partial charge in [0, 0.05) is 61.0 Å².